The van der Waals surface area contributed by atoms with Crippen LogP contribution in [0.2, 0.25) is 0 Å². The molecule has 8 nitrogen and oxygen atoms in total. The predicted octanol–water partition coefficient (Wildman–Crippen LogP) is 3.62. The van der Waals surface area contributed by atoms with Gasteiger partial charge in [0.1, 0.15) is 28.8 Å². The van der Waals surface area contributed by atoms with Crippen LogP contribution in [0.4, 0.5) is 11.5 Å². The summed E-state index contributed by atoms with van der Waals surface area (Å²) in [6.07, 6.45) is 4.48. The van der Waals surface area contributed by atoms with E-state index in [-0.39, 0.29) is 12.5 Å². The second-order valence-corrected chi connectivity index (χ2v) is 10.7. The van der Waals surface area contributed by atoms with E-state index in [0.717, 1.165) is 52.1 Å². The van der Waals surface area contributed by atoms with Gasteiger partial charge in [-0.1, -0.05) is 18.2 Å². The molecule has 2 aromatic carbocycles. The van der Waals surface area contributed by atoms with Crippen molar-refractivity contribution in [3.8, 4) is 17.1 Å². The number of fused-ring (bicyclic) bond motifs is 3. The number of hydrogen-bond acceptors (Lipinski definition) is 7. The number of likely N-dealkylation sites (N-methyl/N-ethyl adjacent to an activating group) is 1. The molecule has 0 fully saturated rings. The first kappa shape index (κ1) is 22.8. The van der Waals surface area contributed by atoms with Gasteiger partial charge >= 0.3 is 0 Å². The Morgan fingerprint density at radius 3 is 2.86 bits per heavy atom. The molecule has 2 aliphatic heterocycles. The maximum absolute atomic E-state index is 12.6. The Hall–Kier alpha value is -3.69. The third kappa shape index (κ3) is 4.14. The molecule has 0 aliphatic carbocycles. The molecule has 2 aliphatic rings. The van der Waals surface area contributed by atoms with Crippen LogP contribution in [-0.4, -0.2) is 57.6 Å². The molecule has 0 saturated carbocycles. The minimum absolute atomic E-state index is 0.0192. The lowest BCUT2D eigenvalue weighted by Gasteiger charge is -2.22. The van der Waals surface area contributed by atoms with Gasteiger partial charge < -0.3 is 19.1 Å². The Labute approximate surface area is 212 Å². The third-order valence-electron chi connectivity index (χ3n) is 6.64. The maximum atomic E-state index is 12.6. The number of ether oxygens (including phenoxy) is 1. The predicted molar refractivity (Wildman–Crippen MR) is 140 cm³/mol. The van der Waals surface area contributed by atoms with Crippen LogP contribution in [0.1, 0.15) is 16.8 Å². The first-order chi connectivity index (χ1) is 17.5. The van der Waals surface area contributed by atoms with E-state index in [1.807, 2.05) is 48.7 Å². The normalized spacial score (nSPS) is 16.2. The Morgan fingerprint density at radius 1 is 1.11 bits per heavy atom. The molecular weight excluding hydrogens is 474 g/mol. The number of nitrogens with zero attached hydrogens (tertiary/aromatic N) is 5. The van der Waals surface area contributed by atoms with Crippen LogP contribution in [0, 0.1) is 0 Å². The highest BCUT2D eigenvalue weighted by molar-refractivity contribution is 7.90. The van der Waals surface area contributed by atoms with Gasteiger partial charge in [0.25, 0.3) is 5.91 Å². The standard InChI is InChI=1S/C27H25N5O3S/c1-31(2)25(33)14-35-21-6-5-18-8-10-32(24(18)12-21)27-22-15-36(34)16-23(22)29-26(30-27)19-4-3-17-7-9-28-13-20(17)11-19/h3-7,9,11-13H,8,10,14-16H2,1-2H3. The van der Waals surface area contributed by atoms with E-state index in [1.165, 1.54) is 10.5 Å². The van der Waals surface area contributed by atoms with Gasteiger partial charge in [-0.05, 0) is 46.7 Å². The van der Waals surface area contributed by atoms with Crippen molar-refractivity contribution in [1.82, 2.24) is 19.9 Å². The quantitative estimate of drug-likeness (QED) is 0.387. The van der Waals surface area contributed by atoms with Crippen LogP contribution in [0.25, 0.3) is 22.2 Å². The van der Waals surface area contributed by atoms with Gasteiger partial charge in [-0.2, -0.15) is 0 Å². The van der Waals surface area contributed by atoms with E-state index >= 15 is 0 Å². The van der Waals surface area contributed by atoms with Gasteiger partial charge in [0, 0.05) is 55.7 Å². The molecule has 182 valence electrons. The average Bonchev–Trinajstić information content (AvgIpc) is 3.48. The lowest BCUT2D eigenvalue weighted by atomic mass is 10.1. The van der Waals surface area contributed by atoms with Crippen molar-refractivity contribution in [2.45, 2.75) is 17.9 Å². The summed E-state index contributed by atoms with van der Waals surface area (Å²) < 4.78 is 18.3. The number of pyridine rings is 1. The molecule has 0 bridgehead atoms. The van der Waals surface area contributed by atoms with Gasteiger partial charge in [0.2, 0.25) is 0 Å². The van der Waals surface area contributed by atoms with Crippen LogP contribution in [0.5, 0.6) is 5.75 Å². The lowest BCUT2D eigenvalue weighted by molar-refractivity contribution is -0.130. The van der Waals surface area contributed by atoms with Gasteiger partial charge in [0.05, 0.1) is 5.56 Å². The number of amides is 1. The van der Waals surface area contributed by atoms with Crippen molar-refractivity contribution in [3.63, 3.8) is 0 Å². The van der Waals surface area contributed by atoms with Crippen molar-refractivity contribution in [1.29, 1.82) is 0 Å². The van der Waals surface area contributed by atoms with Crippen molar-refractivity contribution in [2.75, 3.05) is 32.1 Å². The van der Waals surface area contributed by atoms with Crippen molar-refractivity contribution in [3.05, 3.63) is 71.7 Å². The summed E-state index contributed by atoms with van der Waals surface area (Å²) in [5, 5.41) is 2.12. The zero-order valence-electron chi connectivity index (χ0n) is 20.1. The number of carbonyl (C=O) groups is 1. The fourth-order valence-electron chi connectivity index (χ4n) is 4.67. The molecule has 1 atom stereocenters. The molecule has 36 heavy (non-hydrogen) atoms. The molecule has 0 radical (unpaired) electrons. The highest BCUT2D eigenvalue weighted by Crippen LogP contribution is 2.41. The van der Waals surface area contributed by atoms with Crippen LogP contribution in [0.15, 0.2) is 54.9 Å². The zero-order valence-corrected chi connectivity index (χ0v) is 20.9. The SMILES string of the molecule is CN(C)C(=O)COc1ccc2c(c1)N(c1nc(-c3ccc4ccncc4c3)nc3c1C[S+]([O-])C3)CC2. The first-order valence-electron chi connectivity index (χ1n) is 11.8. The summed E-state index contributed by atoms with van der Waals surface area (Å²) in [7, 11) is 3.42. The summed E-state index contributed by atoms with van der Waals surface area (Å²) >= 11 is -0.998. The highest BCUT2D eigenvalue weighted by atomic mass is 32.2. The van der Waals surface area contributed by atoms with Gasteiger partial charge in [-0.15, -0.1) is 0 Å². The van der Waals surface area contributed by atoms with Crippen LogP contribution in [-0.2, 0) is 33.9 Å². The van der Waals surface area contributed by atoms with E-state index in [0.29, 0.717) is 23.1 Å². The molecular formula is C27H25N5O3S. The van der Waals surface area contributed by atoms with Crippen LogP contribution in [0.3, 0.4) is 0 Å². The van der Waals surface area contributed by atoms with Gasteiger partial charge in [-0.25, -0.2) is 9.97 Å². The molecule has 9 heteroatoms. The third-order valence-corrected chi connectivity index (χ3v) is 7.85. The van der Waals surface area contributed by atoms with Crippen molar-refractivity contribution < 1.29 is 14.1 Å². The van der Waals surface area contributed by atoms with Crippen molar-refractivity contribution >= 4 is 39.4 Å². The van der Waals surface area contributed by atoms with E-state index in [4.69, 9.17) is 14.7 Å². The molecule has 0 saturated heterocycles. The molecule has 2 aromatic heterocycles. The molecule has 4 heterocycles. The smallest absolute Gasteiger partial charge is 0.259 e. The maximum Gasteiger partial charge on any atom is 0.259 e. The van der Waals surface area contributed by atoms with E-state index in [1.54, 1.807) is 20.3 Å². The number of benzene rings is 2. The first-order valence-corrected chi connectivity index (χ1v) is 13.3. The summed E-state index contributed by atoms with van der Waals surface area (Å²) in [5.74, 6) is 2.83. The lowest BCUT2D eigenvalue weighted by Crippen LogP contribution is -2.27. The highest BCUT2D eigenvalue weighted by Gasteiger charge is 2.33. The number of rotatable bonds is 5. The number of aromatic nitrogens is 3. The second kappa shape index (κ2) is 9.07. The topological polar surface area (TPSA) is 94.5 Å². The summed E-state index contributed by atoms with van der Waals surface area (Å²) in [5.41, 5.74) is 4.87. The molecule has 4 aromatic rings. The van der Waals surface area contributed by atoms with Crippen LogP contribution < -0.4 is 9.64 Å². The molecule has 0 spiro atoms. The molecule has 1 amide bonds. The zero-order chi connectivity index (χ0) is 24.8. The average molecular weight is 500 g/mol. The van der Waals surface area contributed by atoms with E-state index in [9.17, 15) is 9.35 Å². The van der Waals surface area contributed by atoms with Gasteiger partial charge in [0.15, 0.2) is 12.4 Å². The Bertz CT molecular complexity index is 1490. The fraction of sp³-hybridized carbons (Fsp3) is 0.259. The molecule has 6 rings (SSSR count). The number of hydrogen-bond donors (Lipinski definition) is 0. The van der Waals surface area contributed by atoms with Gasteiger partial charge in [-0.3, -0.25) is 9.78 Å². The summed E-state index contributed by atoms with van der Waals surface area (Å²) in [6, 6.07) is 14.0. The minimum atomic E-state index is -0.998. The Balaban J connectivity index is 1.40. The molecule has 0 N–H and O–H groups in total. The van der Waals surface area contributed by atoms with E-state index in [2.05, 4.69) is 9.88 Å². The van der Waals surface area contributed by atoms with Crippen LogP contribution >= 0.6 is 0 Å². The monoisotopic (exact) mass is 499 g/mol. The Morgan fingerprint density at radius 2 is 2.00 bits per heavy atom. The number of anilines is 2. The number of carbonyl (C=O) groups excluding carboxylic acids is 1. The summed E-state index contributed by atoms with van der Waals surface area (Å²) in [4.78, 5) is 29.8. The van der Waals surface area contributed by atoms with Crippen molar-refractivity contribution in [2.24, 2.45) is 0 Å². The largest absolute Gasteiger partial charge is 0.616 e. The Kier molecular flexibility index (Phi) is 5.73. The molecule has 1 unspecified atom stereocenters. The fourth-order valence-corrected chi connectivity index (χ4v) is 5.93. The summed E-state index contributed by atoms with van der Waals surface area (Å²) in [6.45, 7) is 0.737. The van der Waals surface area contributed by atoms with E-state index < -0.39 is 11.2 Å². The minimum Gasteiger partial charge on any atom is -0.616 e. The second-order valence-electron chi connectivity index (χ2n) is 9.23.